The molecular formula is C14H10ClN3S. The number of halogens is 1. The van der Waals surface area contributed by atoms with E-state index in [9.17, 15) is 0 Å². The number of hydrogen-bond donors (Lipinski definition) is 0. The Morgan fingerprint density at radius 3 is 2.74 bits per heavy atom. The zero-order chi connectivity index (χ0) is 13.2. The molecule has 0 atom stereocenters. The summed E-state index contributed by atoms with van der Waals surface area (Å²) >= 11 is 7.70. The van der Waals surface area contributed by atoms with Crippen LogP contribution in [0, 0.1) is 0 Å². The van der Waals surface area contributed by atoms with Crippen molar-refractivity contribution in [3.05, 3.63) is 52.6 Å². The van der Waals surface area contributed by atoms with Gasteiger partial charge >= 0.3 is 0 Å². The molecule has 0 aliphatic heterocycles. The highest BCUT2D eigenvalue weighted by Gasteiger charge is 2.05. The van der Waals surface area contributed by atoms with Gasteiger partial charge in [-0.25, -0.2) is 15.0 Å². The van der Waals surface area contributed by atoms with Gasteiger partial charge in [0.15, 0.2) is 5.82 Å². The zero-order valence-electron chi connectivity index (χ0n) is 10.2. The monoisotopic (exact) mass is 287 g/mol. The fourth-order valence-corrected chi connectivity index (χ4v) is 3.12. The van der Waals surface area contributed by atoms with Crippen LogP contribution in [0.3, 0.4) is 0 Å². The third kappa shape index (κ3) is 2.50. The van der Waals surface area contributed by atoms with Gasteiger partial charge in [0.25, 0.3) is 0 Å². The van der Waals surface area contributed by atoms with Crippen LogP contribution >= 0.6 is 22.9 Å². The number of thiophene rings is 1. The second-order valence-electron chi connectivity index (χ2n) is 4.07. The van der Waals surface area contributed by atoms with Crippen LogP contribution in [-0.2, 0) is 0 Å². The standard InChI is InChI=1S/C14H10ClN3S/c1-9(14-17-4-2-5-18-14)7-11-8-10-3-6-16-13(15)12(10)19-11/h2-8H,1H3/b9-7-. The molecule has 0 saturated heterocycles. The van der Waals surface area contributed by atoms with Crippen molar-refractivity contribution in [1.82, 2.24) is 15.0 Å². The third-order valence-electron chi connectivity index (χ3n) is 2.69. The van der Waals surface area contributed by atoms with E-state index in [1.165, 1.54) is 0 Å². The lowest BCUT2D eigenvalue weighted by Gasteiger charge is -1.96. The van der Waals surface area contributed by atoms with E-state index < -0.39 is 0 Å². The maximum absolute atomic E-state index is 6.08. The van der Waals surface area contributed by atoms with Gasteiger partial charge in [0.05, 0.1) is 4.70 Å². The molecule has 94 valence electrons. The van der Waals surface area contributed by atoms with Crippen LogP contribution in [0.1, 0.15) is 17.6 Å². The molecule has 3 heterocycles. The van der Waals surface area contributed by atoms with Crippen LogP contribution in [0.2, 0.25) is 5.15 Å². The Kier molecular flexibility index (Phi) is 3.27. The number of allylic oxidation sites excluding steroid dienone is 1. The van der Waals surface area contributed by atoms with Crippen molar-refractivity contribution >= 4 is 44.7 Å². The first-order valence-corrected chi connectivity index (χ1v) is 6.93. The van der Waals surface area contributed by atoms with Gasteiger partial charge in [-0.1, -0.05) is 11.6 Å². The first-order valence-electron chi connectivity index (χ1n) is 5.74. The smallest absolute Gasteiger partial charge is 0.154 e. The van der Waals surface area contributed by atoms with Crippen molar-refractivity contribution in [2.75, 3.05) is 0 Å². The second kappa shape index (κ2) is 5.07. The summed E-state index contributed by atoms with van der Waals surface area (Å²) in [6, 6.07) is 5.87. The van der Waals surface area contributed by atoms with Gasteiger partial charge in [0.1, 0.15) is 5.15 Å². The van der Waals surface area contributed by atoms with E-state index in [1.807, 2.05) is 19.1 Å². The van der Waals surface area contributed by atoms with Crippen LogP contribution in [0.4, 0.5) is 0 Å². The average molecular weight is 288 g/mol. The largest absolute Gasteiger partial charge is 0.243 e. The molecule has 5 heteroatoms. The van der Waals surface area contributed by atoms with Crippen molar-refractivity contribution in [3.8, 4) is 0 Å². The minimum atomic E-state index is 0.552. The molecule has 0 aliphatic carbocycles. The summed E-state index contributed by atoms with van der Waals surface area (Å²) in [6.07, 6.45) is 7.27. The third-order valence-corrected chi connectivity index (χ3v) is 4.19. The summed E-state index contributed by atoms with van der Waals surface area (Å²) in [5.74, 6) is 0.740. The Labute approximate surface area is 119 Å². The summed E-state index contributed by atoms with van der Waals surface area (Å²) in [6.45, 7) is 2.00. The molecule has 3 nitrogen and oxygen atoms in total. The minimum absolute atomic E-state index is 0.552. The number of fused-ring (bicyclic) bond motifs is 1. The van der Waals surface area contributed by atoms with E-state index in [4.69, 9.17) is 11.6 Å². The minimum Gasteiger partial charge on any atom is -0.243 e. The van der Waals surface area contributed by atoms with Crippen LogP contribution in [0.15, 0.2) is 36.8 Å². The number of hydrogen-bond acceptors (Lipinski definition) is 4. The quantitative estimate of drug-likeness (QED) is 0.660. The molecule has 0 radical (unpaired) electrons. The van der Waals surface area contributed by atoms with Crippen LogP contribution in [0.5, 0.6) is 0 Å². The molecule has 0 N–H and O–H groups in total. The van der Waals surface area contributed by atoms with Gasteiger partial charge in [-0.3, -0.25) is 0 Å². The van der Waals surface area contributed by atoms with Gasteiger partial charge in [-0.2, -0.15) is 0 Å². The van der Waals surface area contributed by atoms with E-state index in [0.717, 1.165) is 26.4 Å². The van der Waals surface area contributed by atoms with Crippen molar-refractivity contribution in [2.24, 2.45) is 0 Å². The molecule has 0 unspecified atom stereocenters. The van der Waals surface area contributed by atoms with E-state index in [2.05, 4.69) is 27.1 Å². The van der Waals surface area contributed by atoms with Crippen LogP contribution in [-0.4, -0.2) is 15.0 Å². The molecule has 19 heavy (non-hydrogen) atoms. The van der Waals surface area contributed by atoms with E-state index >= 15 is 0 Å². The fraction of sp³-hybridized carbons (Fsp3) is 0.0714. The lowest BCUT2D eigenvalue weighted by Crippen LogP contribution is -1.88. The number of aromatic nitrogens is 3. The lowest BCUT2D eigenvalue weighted by atomic mass is 10.2. The highest BCUT2D eigenvalue weighted by molar-refractivity contribution is 7.20. The SMILES string of the molecule is C/C(=C/c1cc2ccnc(Cl)c2s1)c1ncccn1. The van der Waals surface area contributed by atoms with Crippen molar-refractivity contribution in [1.29, 1.82) is 0 Å². The molecule has 0 spiro atoms. The van der Waals surface area contributed by atoms with E-state index in [1.54, 1.807) is 29.9 Å². The Morgan fingerprint density at radius 1 is 1.21 bits per heavy atom. The predicted octanol–water partition coefficient (Wildman–Crippen LogP) is 4.30. The van der Waals surface area contributed by atoms with E-state index in [0.29, 0.717) is 5.15 Å². The summed E-state index contributed by atoms with van der Waals surface area (Å²) in [4.78, 5) is 13.7. The first kappa shape index (κ1) is 12.3. The maximum Gasteiger partial charge on any atom is 0.154 e. The van der Waals surface area contributed by atoms with Crippen molar-refractivity contribution in [2.45, 2.75) is 6.92 Å². The lowest BCUT2D eigenvalue weighted by molar-refractivity contribution is 1.12. The summed E-state index contributed by atoms with van der Waals surface area (Å²) in [5, 5.41) is 1.66. The highest BCUT2D eigenvalue weighted by Crippen LogP contribution is 2.32. The number of nitrogens with zero attached hydrogens (tertiary/aromatic N) is 3. The Morgan fingerprint density at radius 2 is 2.00 bits per heavy atom. The van der Waals surface area contributed by atoms with Gasteiger partial charge in [0.2, 0.25) is 0 Å². The normalized spacial score (nSPS) is 12.0. The van der Waals surface area contributed by atoms with Gasteiger partial charge in [0, 0.05) is 23.5 Å². The van der Waals surface area contributed by atoms with Gasteiger partial charge < -0.3 is 0 Å². The van der Waals surface area contributed by atoms with Crippen LogP contribution < -0.4 is 0 Å². The molecule has 0 aliphatic rings. The summed E-state index contributed by atoms with van der Waals surface area (Å²) in [5.41, 5.74) is 1.02. The molecule has 0 bridgehead atoms. The molecule has 3 aromatic rings. The highest BCUT2D eigenvalue weighted by atomic mass is 35.5. The summed E-state index contributed by atoms with van der Waals surface area (Å²) < 4.78 is 1.01. The Bertz CT molecular complexity index is 750. The molecule has 0 fully saturated rings. The Balaban J connectivity index is 2.04. The van der Waals surface area contributed by atoms with Gasteiger partial charge in [-0.15, -0.1) is 11.3 Å². The predicted molar refractivity (Wildman–Crippen MR) is 80.2 cm³/mol. The molecule has 3 aromatic heterocycles. The molecule has 0 amide bonds. The van der Waals surface area contributed by atoms with Crippen molar-refractivity contribution < 1.29 is 0 Å². The number of pyridine rings is 1. The van der Waals surface area contributed by atoms with E-state index in [-0.39, 0.29) is 0 Å². The van der Waals surface area contributed by atoms with Crippen molar-refractivity contribution in [3.63, 3.8) is 0 Å². The Hall–Kier alpha value is -1.78. The fourth-order valence-electron chi connectivity index (χ4n) is 1.80. The second-order valence-corrected chi connectivity index (χ2v) is 5.51. The number of rotatable bonds is 2. The average Bonchev–Trinajstić information content (AvgIpc) is 2.84. The topological polar surface area (TPSA) is 38.7 Å². The molecule has 3 rings (SSSR count). The molecular weight excluding hydrogens is 278 g/mol. The summed E-state index contributed by atoms with van der Waals surface area (Å²) in [7, 11) is 0. The molecule has 0 aromatic carbocycles. The molecule has 0 saturated carbocycles. The van der Waals surface area contributed by atoms with Gasteiger partial charge in [-0.05, 0) is 42.2 Å². The maximum atomic E-state index is 6.08. The first-order chi connectivity index (χ1) is 9.24. The zero-order valence-corrected chi connectivity index (χ0v) is 11.7. The van der Waals surface area contributed by atoms with Crippen LogP contribution in [0.25, 0.3) is 21.7 Å².